The molecule has 1 heterocycles. The second-order valence-electron chi connectivity index (χ2n) is 7.20. The Morgan fingerprint density at radius 2 is 1.07 bits per heavy atom. The van der Waals surface area contributed by atoms with Gasteiger partial charge < -0.3 is 0 Å². The van der Waals surface area contributed by atoms with Gasteiger partial charge in [0.15, 0.2) is 0 Å². The highest BCUT2D eigenvalue weighted by Gasteiger charge is 2.24. The van der Waals surface area contributed by atoms with Gasteiger partial charge >= 0.3 is 0 Å². The topological polar surface area (TPSA) is 12.9 Å². The summed E-state index contributed by atoms with van der Waals surface area (Å²) < 4.78 is 0. The Morgan fingerprint density at radius 1 is 0.533 bits per heavy atom. The van der Waals surface area contributed by atoms with Gasteiger partial charge in [-0.05, 0) is 39.2 Å². The Morgan fingerprint density at radius 3 is 1.70 bits per heavy atom. The van der Waals surface area contributed by atoms with E-state index < -0.39 is 6.04 Å². The van der Waals surface area contributed by atoms with Crippen LogP contribution in [-0.4, -0.2) is 4.98 Å². The van der Waals surface area contributed by atoms with Crippen molar-refractivity contribution in [2.45, 2.75) is 0 Å². The van der Waals surface area contributed by atoms with Gasteiger partial charge in [-0.15, -0.1) is 0 Å². The number of nitrogens with zero attached hydrogens (tertiary/aromatic N) is 1. The molecule has 0 atom stereocenters. The van der Waals surface area contributed by atoms with Crippen LogP contribution in [0.2, 0.25) is 0 Å². The van der Waals surface area contributed by atoms with E-state index in [4.69, 9.17) is 11.8 Å². The van der Waals surface area contributed by atoms with Gasteiger partial charge in [0.25, 0.3) is 0 Å². The molecule has 0 aliphatic rings. The quantitative estimate of drug-likeness (QED) is 0.348. The summed E-state index contributed by atoms with van der Waals surface area (Å²) in [6.07, 6.45) is 1.88. The minimum Gasteiger partial charge on any atom is -0.256 e. The van der Waals surface area contributed by atoms with Gasteiger partial charge in [-0.25, -0.2) is 0 Å². The third kappa shape index (κ3) is 3.29. The number of hydrogen-bond donors (Lipinski definition) is 0. The number of pyridine rings is 1. The fraction of sp³-hybridized carbons (Fsp3) is 0. The molecule has 5 aromatic rings. The van der Waals surface area contributed by atoms with Gasteiger partial charge in [-0.3, -0.25) is 4.98 Å². The average Bonchev–Trinajstić information content (AvgIpc) is 2.84. The lowest BCUT2D eigenvalue weighted by Gasteiger charge is -2.24. The highest BCUT2D eigenvalue weighted by Crippen LogP contribution is 2.43. The van der Waals surface area contributed by atoms with Crippen LogP contribution in [0.1, 0.15) is 0 Å². The van der Waals surface area contributed by atoms with E-state index in [1.165, 1.54) is 32.4 Å². The summed E-state index contributed by atoms with van der Waals surface area (Å²) in [4.78, 5) is 4.49. The number of benzene rings is 4. The predicted octanol–water partition coefficient (Wildman–Crippen LogP) is 5.66. The predicted molar refractivity (Wildman–Crippen MR) is 133 cm³/mol. The third-order valence-electron chi connectivity index (χ3n) is 5.43. The molecule has 1 aromatic heterocycles. The first-order chi connectivity index (χ1) is 14.8. The number of fused-ring (bicyclic) bond motifs is 1. The van der Waals surface area contributed by atoms with Gasteiger partial charge in [0, 0.05) is 17.6 Å². The molecule has 3 heteroatoms. The van der Waals surface area contributed by atoms with E-state index in [2.05, 4.69) is 102 Å². The summed E-state index contributed by atoms with van der Waals surface area (Å²) in [5.74, 6) is 0. The Hall–Kier alpha value is -3.06. The van der Waals surface area contributed by atoms with Crippen LogP contribution >= 0.6 is 6.04 Å². The molecule has 0 aliphatic heterocycles. The van der Waals surface area contributed by atoms with Crippen molar-refractivity contribution in [2.75, 3.05) is 0 Å². The van der Waals surface area contributed by atoms with Crippen LogP contribution in [-0.2, 0) is 11.8 Å². The van der Waals surface area contributed by atoms with Crippen molar-refractivity contribution in [1.29, 1.82) is 0 Å². The Balaban J connectivity index is 1.65. The number of rotatable bonds is 4. The molecule has 5 rings (SSSR count). The minimum absolute atomic E-state index is 1.01. The van der Waals surface area contributed by atoms with E-state index in [0.717, 1.165) is 5.52 Å². The molecule has 0 saturated carbocycles. The van der Waals surface area contributed by atoms with E-state index in [1.54, 1.807) is 0 Å². The van der Waals surface area contributed by atoms with Crippen LogP contribution in [0, 0.1) is 0 Å². The lowest BCUT2D eigenvalue weighted by Crippen LogP contribution is -2.24. The maximum Gasteiger partial charge on any atom is 0.0708 e. The maximum absolute atomic E-state index is 6.44. The normalized spacial score (nSPS) is 11.5. The van der Waals surface area contributed by atoms with Crippen molar-refractivity contribution in [3.8, 4) is 11.1 Å². The summed E-state index contributed by atoms with van der Waals surface area (Å²) in [7, 11) is 0. The van der Waals surface area contributed by atoms with Crippen LogP contribution in [0.15, 0.2) is 121 Å². The van der Waals surface area contributed by atoms with Gasteiger partial charge in [0.05, 0.1) is 5.52 Å². The molecule has 0 spiro atoms. The third-order valence-corrected chi connectivity index (χ3v) is 10.4. The van der Waals surface area contributed by atoms with Crippen molar-refractivity contribution in [3.05, 3.63) is 121 Å². The fourth-order valence-electron chi connectivity index (χ4n) is 3.92. The number of para-hydroxylation sites is 1. The maximum atomic E-state index is 6.44. The van der Waals surface area contributed by atoms with Gasteiger partial charge in [0.1, 0.15) is 0 Å². The number of aromatic nitrogens is 1. The lowest BCUT2D eigenvalue weighted by atomic mass is 10.0. The molecule has 0 unspecified atom stereocenters. The Kier molecular flexibility index (Phi) is 5.04. The first kappa shape index (κ1) is 18.9. The van der Waals surface area contributed by atoms with E-state index in [-0.39, 0.29) is 0 Å². The zero-order valence-electron chi connectivity index (χ0n) is 16.3. The molecule has 4 aromatic carbocycles. The lowest BCUT2D eigenvalue weighted by molar-refractivity contribution is 1.41. The monoisotopic (exact) mass is 421 g/mol. The van der Waals surface area contributed by atoms with Crippen LogP contribution < -0.4 is 15.9 Å². The van der Waals surface area contributed by atoms with Crippen LogP contribution in [0.5, 0.6) is 0 Å². The van der Waals surface area contributed by atoms with E-state index >= 15 is 0 Å². The summed E-state index contributed by atoms with van der Waals surface area (Å²) >= 11 is 6.44. The first-order valence-electron chi connectivity index (χ1n) is 9.93. The van der Waals surface area contributed by atoms with E-state index in [9.17, 15) is 0 Å². The first-order valence-corrected chi connectivity index (χ1v) is 12.7. The molecule has 144 valence electrons. The van der Waals surface area contributed by atoms with Crippen LogP contribution in [0.25, 0.3) is 22.0 Å². The zero-order valence-corrected chi connectivity index (χ0v) is 18.1. The van der Waals surface area contributed by atoms with Crippen molar-refractivity contribution in [1.82, 2.24) is 4.98 Å². The second-order valence-corrected chi connectivity index (χ2v) is 11.6. The smallest absolute Gasteiger partial charge is 0.0708 e. The molecule has 0 amide bonds. The van der Waals surface area contributed by atoms with Gasteiger partial charge in [0.2, 0.25) is 0 Å². The summed E-state index contributed by atoms with van der Waals surface area (Å²) in [5.41, 5.74) is 3.39. The molecular weight excluding hydrogens is 401 g/mol. The molecule has 1 nitrogen and oxygen atoms in total. The van der Waals surface area contributed by atoms with E-state index in [1.807, 2.05) is 24.4 Å². The molecular formula is C27H20NPS. The summed E-state index contributed by atoms with van der Waals surface area (Å²) in [6.45, 7) is 0. The molecule has 0 bridgehead atoms. The minimum atomic E-state index is -2.11. The molecule has 0 saturated heterocycles. The van der Waals surface area contributed by atoms with Crippen molar-refractivity contribution in [3.63, 3.8) is 0 Å². The van der Waals surface area contributed by atoms with Crippen LogP contribution in [0.3, 0.4) is 0 Å². The Labute approximate surface area is 182 Å². The molecule has 0 fully saturated rings. The Bertz CT molecular complexity index is 1300. The SMILES string of the molecule is S=P(c1ccccc1)(c1ccccc1)c1ccc(-c2ccnc3ccccc23)cc1. The second kappa shape index (κ2) is 7.99. The fourth-order valence-corrected chi connectivity index (χ4v) is 7.66. The largest absolute Gasteiger partial charge is 0.256 e. The number of hydrogen-bond acceptors (Lipinski definition) is 2. The van der Waals surface area contributed by atoms with Gasteiger partial charge in [-0.1, -0.05) is 115 Å². The summed E-state index contributed by atoms with van der Waals surface area (Å²) in [6, 6.07) is 38.1. The average molecular weight is 422 g/mol. The van der Waals surface area contributed by atoms with Crippen molar-refractivity contribution < 1.29 is 0 Å². The zero-order chi connectivity index (χ0) is 20.4. The molecule has 0 aliphatic carbocycles. The molecule has 30 heavy (non-hydrogen) atoms. The van der Waals surface area contributed by atoms with Crippen molar-refractivity contribution in [2.24, 2.45) is 0 Å². The van der Waals surface area contributed by atoms with Crippen molar-refractivity contribution >= 4 is 44.7 Å². The van der Waals surface area contributed by atoms with E-state index in [0.29, 0.717) is 0 Å². The highest BCUT2D eigenvalue weighted by molar-refractivity contribution is 8.25. The standard InChI is InChI=1S/C27H20NPS/c30-29(22-9-3-1-4-10-22,23-11-5-2-6-12-23)24-17-15-21(16-18-24)25-19-20-28-27-14-8-7-13-26(25)27/h1-20H. The molecule has 0 N–H and O–H groups in total. The van der Waals surface area contributed by atoms with Gasteiger partial charge in [-0.2, -0.15) is 0 Å². The van der Waals surface area contributed by atoms with Crippen LogP contribution in [0.4, 0.5) is 0 Å². The highest BCUT2D eigenvalue weighted by atomic mass is 32.4. The summed E-state index contributed by atoms with van der Waals surface area (Å²) in [5, 5.41) is 4.80. The molecule has 0 radical (unpaired) electrons.